The predicted molar refractivity (Wildman–Crippen MR) is 109 cm³/mol. The van der Waals surface area contributed by atoms with Crippen LogP contribution in [-0.2, 0) is 6.18 Å². The van der Waals surface area contributed by atoms with Crippen molar-refractivity contribution >= 4 is 0 Å². The van der Waals surface area contributed by atoms with Crippen LogP contribution in [0.3, 0.4) is 0 Å². The molecule has 4 heterocycles. The summed E-state index contributed by atoms with van der Waals surface area (Å²) in [6, 6.07) is 6.40. The zero-order valence-corrected chi connectivity index (χ0v) is 17.4. The maximum absolute atomic E-state index is 12.7. The molecule has 3 aromatic rings. The van der Waals surface area contributed by atoms with E-state index < -0.39 is 18.3 Å². The molecule has 8 nitrogen and oxygen atoms in total. The second-order valence-corrected chi connectivity index (χ2v) is 7.88. The molecule has 1 unspecified atom stereocenters. The smallest absolute Gasteiger partial charge is 0.374 e. The highest BCUT2D eigenvalue weighted by molar-refractivity contribution is 5.64. The zero-order valence-electron chi connectivity index (χ0n) is 17.4. The minimum absolute atomic E-state index is 0.197. The third-order valence-electron chi connectivity index (χ3n) is 5.49. The van der Waals surface area contributed by atoms with E-state index in [4.69, 9.17) is 0 Å². The van der Waals surface area contributed by atoms with E-state index in [2.05, 4.69) is 41.9 Å². The summed E-state index contributed by atoms with van der Waals surface area (Å²) in [7, 11) is 2.11. The first-order valence-electron chi connectivity index (χ1n) is 10.2. The molecule has 0 bridgehead atoms. The minimum atomic E-state index is -4.71. The maximum Gasteiger partial charge on any atom is 0.471 e. The third kappa shape index (κ3) is 5.29. The van der Waals surface area contributed by atoms with Gasteiger partial charge in [-0.3, -0.25) is 15.3 Å². The summed E-state index contributed by atoms with van der Waals surface area (Å²) in [4.78, 5) is 14.2. The first kappa shape index (κ1) is 22.3. The number of alkyl halides is 3. The summed E-state index contributed by atoms with van der Waals surface area (Å²) >= 11 is 0. The van der Waals surface area contributed by atoms with Crippen molar-refractivity contribution in [3.8, 4) is 22.8 Å². The monoisotopic (exact) mass is 448 g/mol. The van der Waals surface area contributed by atoms with Gasteiger partial charge in [0.15, 0.2) is 0 Å². The molecule has 4 rings (SSSR count). The predicted octanol–water partition coefficient (Wildman–Crippen LogP) is 3.13. The Hall–Kier alpha value is -2.89. The number of likely N-dealkylation sites (tertiary alicyclic amines) is 1. The lowest BCUT2D eigenvalue weighted by Gasteiger charge is -2.29. The van der Waals surface area contributed by atoms with Crippen LogP contribution in [0.5, 0.6) is 0 Å². The summed E-state index contributed by atoms with van der Waals surface area (Å²) in [6.45, 7) is 2.81. The first-order valence-corrected chi connectivity index (χ1v) is 10.2. The molecule has 0 spiro atoms. The molecule has 11 heteroatoms. The lowest BCUT2D eigenvalue weighted by Crippen LogP contribution is -2.36. The molecule has 0 saturated carbocycles. The number of nitrogens with zero attached hydrogens (tertiary/aromatic N) is 5. The van der Waals surface area contributed by atoms with E-state index in [1.54, 1.807) is 18.3 Å². The molecule has 1 atom stereocenters. The maximum atomic E-state index is 12.7. The number of aromatic nitrogens is 4. The Labute approximate surface area is 182 Å². The number of hydrogen-bond donors (Lipinski definition) is 2. The second kappa shape index (κ2) is 9.31. The zero-order chi connectivity index (χ0) is 22.7. The molecule has 2 N–H and O–H groups in total. The number of nitrogens with one attached hydrogen (secondary N) is 1. The number of hydrogen-bond acceptors (Lipinski definition) is 8. The summed E-state index contributed by atoms with van der Waals surface area (Å²) in [6.07, 6.45) is -0.437. The largest absolute Gasteiger partial charge is 0.471 e. The van der Waals surface area contributed by atoms with Gasteiger partial charge in [-0.15, -0.1) is 0 Å². The van der Waals surface area contributed by atoms with E-state index in [-0.39, 0.29) is 5.82 Å². The molecular formula is C21H23F3N6O2. The van der Waals surface area contributed by atoms with Crippen molar-refractivity contribution in [1.29, 1.82) is 0 Å². The number of piperidine rings is 1. The Kier molecular flexibility index (Phi) is 6.49. The van der Waals surface area contributed by atoms with Crippen LogP contribution in [-0.4, -0.2) is 56.8 Å². The highest BCUT2D eigenvalue weighted by atomic mass is 19.4. The molecule has 3 aromatic heterocycles. The van der Waals surface area contributed by atoms with Gasteiger partial charge in [-0.2, -0.15) is 18.2 Å². The number of aliphatic hydroxyl groups excluding tert-OH is 1. The van der Waals surface area contributed by atoms with Crippen LogP contribution in [0.4, 0.5) is 13.2 Å². The van der Waals surface area contributed by atoms with Crippen LogP contribution in [0.1, 0.15) is 30.5 Å². The van der Waals surface area contributed by atoms with Crippen LogP contribution in [0.15, 0.2) is 41.2 Å². The van der Waals surface area contributed by atoms with Crippen molar-refractivity contribution in [1.82, 2.24) is 30.3 Å². The van der Waals surface area contributed by atoms with Gasteiger partial charge in [-0.1, -0.05) is 5.16 Å². The topological polar surface area (TPSA) is 100 Å². The average Bonchev–Trinajstić information content (AvgIpc) is 3.30. The molecule has 32 heavy (non-hydrogen) atoms. The summed E-state index contributed by atoms with van der Waals surface area (Å²) in [5.41, 5.74) is 1.80. The Morgan fingerprint density at radius 2 is 1.84 bits per heavy atom. The van der Waals surface area contributed by atoms with Gasteiger partial charge in [0.2, 0.25) is 5.82 Å². The van der Waals surface area contributed by atoms with Gasteiger partial charge in [0.1, 0.15) is 6.23 Å². The Bertz CT molecular complexity index is 1050. The van der Waals surface area contributed by atoms with Crippen molar-refractivity contribution in [3.05, 3.63) is 48.1 Å². The lowest BCUT2D eigenvalue weighted by molar-refractivity contribution is -0.159. The minimum Gasteiger partial charge on any atom is -0.374 e. The molecule has 1 fully saturated rings. The van der Waals surface area contributed by atoms with Crippen molar-refractivity contribution in [2.45, 2.75) is 25.2 Å². The van der Waals surface area contributed by atoms with Crippen molar-refractivity contribution in [2.24, 2.45) is 5.92 Å². The number of rotatable bonds is 6. The quantitative estimate of drug-likeness (QED) is 0.555. The molecule has 0 aliphatic carbocycles. The van der Waals surface area contributed by atoms with Crippen LogP contribution < -0.4 is 5.32 Å². The van der Waals surface area contributed by atoms with Crippen LogP contribution in [0, 0.1) is 5.92 Å². The SMILES string of the molecule is CN1CCC(CNC(O)c2ccnc(-c3cc(-c4noc(C(F)(F)F)n4)ccn3)c2)CC1. The van der Waals surface area contributed by atoms with Gasteiger partial charge in [-0.05, 0) is 68.7 Å². The fourth-order valence-electron chi connectivity index (χ4n) is 3.58. The Balaban J connectivity index is 1.47. The van der Waals surface area contributed by atoms with E-state index in [1.807, 2.05) is 0 Å². The van der Waals surface area contributed by atoms with E-state index in [1.165, 1.54) is 18.3 Å². The van der Waals surface area contributed by atoms with Gasteiger partial charge in [0, 0.05) is 24.5 Å². The van der Waals surface area contributed by atoms with Crippen LogP contribution in [0.25, 0.3) is 22.8 Å². The average molecular weight is 448 g/mol. The molecule has 1 aliphatic rings. The highest BCUT2D eigenvalue weighted by Crippen LogP contribution is 2.30. The number of aliphatic hydroxyl groups is 1. The van der Waals surface area contributed by atoms with Gasteiger partial charge in [0.05, 0.1) is 11.4 Å². The van der Waals surface area contributed by atoms with E-state index in [9.17, 15) is 18.3 Å². The van der Waals surface area contributed by atoms with Gasteiger partial charge in [0.25, 0.3) is 0 Å². The third-order valence-corrected chi connectivity index (χ3v) is 5.49. The van der Waals surface area contributed by atoms with Gasteiger partial charge >= 0.3 is 12.1 Å². The molecular weight excluding hydrogens is 425 g/mol. The van der Waals surface area contributed by atoms with Crippen molar-refractivity contribution in [3.63, 3.8) is 0 Å². The van der Waals surface area contributed by atoms with Gasteiger partial charge in [-0.25, -0.2) is 0 Å². The van der Waals surface area contributed by atoms with Crippen LogP contribution >= 0.6 is 0 Å². The van der Waals surface area contributed by atoms with Crippen molar-refractivity contribution < 1.29 is 22.8 Å². The molecule has 0 radical (unpaired) electrons. The second-order valence-electron chi connectivity index (χ2n) is 7.88. The number of halogens is 3. The normalized spacial score (nSPS) is 16.9. The van der Waals surface area contributed by atoms with Gasteiger partial charge < -0.3 is 14.5 Å². The molecule has 0 aromatic carbocycles. The van der Waals surface area contributed by atoms with E-state index in [0.29, 0.717) is 35.0 Å². The Morgan fingerprint density at radius 1 is 1.16 bits per heavy atom. The standard InChI is InChI=1S/C21H23F3N6O2/c1-30-8-4-13(5-9-30)12-27-19(31)15-3-7-26-17(11-15)16-10-14(2-6-25-16)18-28-20(32-29-18)21(22,23)24/h2-3,6-7,10-11,13,19,27,31H,4-5,8-9,12H2,1H3. The summed E-state index contributed by atoms with van der Waals surface area (Å²) in [5, 5.41) is 17.1. The fourth-order valence-corrected chi connectivity index (χ4v) is 3.58. The van der Waals surface area contributed by atoms with Crippen molar-refractivity contribution in [2.75, 3.05) is 26.7 Å². The van der Waals surface area contributed by atoms with E-state index >= 15 is 0 Å². The fraction of sp³-hybridized carbons (Fsp3) is 0.429. The molecule has 1 aliphatic heterocycles. The lowest BCUT2D eigenvalue weighted by atomic mass is 9.97. The molecule has 0 amide bonds. The molecule has 170 valence electrons. The van der Waals surface area contributed by atoms with Crippen LogP contribution in [0.2, 0.25) is 0 Å². The molecule has 1 saturated heterocycles. The Morgan fingerprint density at radius 3 is 2.53 bits per heavy atom. The highest BCUT2D eigenvalue weighted by Gasteiger charge is 2.38. The summed E-state index contributed by atoms with van der Waals surface area (Å²) < 4.78 is 42.5. The first-order chi connectivity index (χ1) is 15.3. The number of pyridine rings is 2. The summed E-state index contributed by atoms with van der Waals surface area (Å²) in [5.74, 6) is -1.10. The van der Waals surface area contributed by atoms with E-state index in [0.717, 1.165) is 25.9 Å².